The van der Waals surface area contributed by atoms with E-state index in [0.29, 0.717) is 24.9 Å². The summed E-state index contributed by atoms with van der Waals surface area (Å²) in [6.07, 6.45) is 4.40. The Morgan fingerprint density at radius 2 is 2.25 bits per heavy atom. The molecule has 0 radical (unpaired) electrons. The van der Waals surface area contributed by atoms with Gasteiger partial charge in [-0.3, -0.25) is 4.79 Å². The third-order valence-corrected chi connectivity index (χ3v) is 3.60. The first-order valence-corrected chi connectivity index (χ1v) is 7.46. The Kier molecular flexibility index (Phi) is 5.61. The Morgan fingerprint density at radius 1 is 1.50 bits per heavy atom. The van der Waals surface area contributed by atoms with Gasteiger partial charge in [0.1, 0.15) is 5.69 Å². The zero-order valence-electron chi connectivity index (χ0n) is 12.4. The maximum Gasteiger partial charge on any atom is 0.267 e. The Morgan fingerprint density at radius 3 is 2.95 bits per heavy atom. The van der Waals surface area contributed by atoms with Crippen molar-refractivity contribution in [1.29, 1.82) is 0 Å². The third kappa shape index (κ3) is 4.08. The number of nitrogens with zero attached hydrogens (tertiary/aromatic N) is 1. The van der Waals surface area contributed by atoms with Gasteiger partial charge in [0.25, 0.3) is 5.91 Å². The van der Waals surface area contributed by atoms with Crippen molar-refractivity contribution < 1.29 is 9.53 Å². The molecule has 0 atom stereocenters. The summed E-state index contributed by atoms with van der Waals surface area (Å²) in [6, 6.07) is 4.04. The molecule has 2 rings (SSSR count). The number of ether oxygens (including phenoxy) is 1. The summed E-state index contributed by atoms with van der Waals surface area (Å²) in [5, 5.41) is 6.23. The lowest BCUT2D eigenvalue weighted by Gasteiger charge is -2.23. The average Bonchev–Trinajstić information content (AvgIpc) is 2.94. The number of nitrogens with one attached hydrogen (secondary N) is 2. The number of hydrogen-bond acceptors (Lipinski definition) is 3. The van der Waals surface area contributed by atoms with E-state index in [0.717, 1.165) is 25.9 Å². The molecule has 1 aliphatic rings. The average molecular weight is 279 g/mol. The van der Waals surface area contributed by atoms with Crippen molar-refractivity contribution in [2.75, 3.05) is 26.2 Å². The van der Waals surface area contributed by atoms with Crippen molar-refractivity contribution in [3.05, 3.63) is 24.0 Å². The fourth-order valence-electron chi connectivity index (χ4n) is 2.48. The van der Waals surface area contributed by atoms with Gasteiger partial charge >= 0.3 is 0 Å². The summed E-state index contributed by atoms with van der Waals surface area (Å²) < 4.78 is 7.74. The molecule has 112 valence electrons. The number of carbonyl (C=O) groups is 1. The first-order valence-electron chi connectivity index (χ1n) is 7.46. The number of amides is 1. The quantitative estimate of drug-likeness (QED) is 0.777. The third-order valence-electron chi connectivity index (χ3n) is 3.60. The molecular weight excluding hydrogens is 254 g/mol. The van der Waals surface area contributed by atoms with Crippen LogP contribution in [-0.4, -0.2) is 42.8 Å². The van der Waals surface area contributed by atoms with Crippen molar-refractivity contribution in [3.63, 3.8) is 0 Å². The second kappa shape index (κ2) is 7.45. The molecule has 1 saturated heterocycles. The summed E-state index contributed by atoms with van der Waals surface area (Å²) >= 11 is 0. The van der Waals surface area contributed by atoms with Crippen LogP contribution in [0.25, 0.3) is 0 Å². The summed E-state index contributed by atoms with van der Waals surface area (Å²) in [4.78, 5) is 12.1. The van der Waals surface area contributed by atoms with Gasteiger partial charge in [-0.25, -0.2) is 0 Å². The molecule has 0 unspecified atom stereocenters. The monoisotopic (exact) mass is 279 g/mol. The number of piperidine rings is 1. The molecule has 0 spiro atoms. The standard InChI is InChI=1S/C15H25N3O2/c1-12(2)18-10-3-4-14(18)15(19)17-9-11-20-13-5-7-16-8-6-13/h3-4,10,12-13,16H,5-9,11H2,1-2H3,(H,17,19). The van der Waals surface area contributed by atoms with Gasteiger partial charge < -0.3 is 19.9 Å². The molecule has 2 heterocycles. The highest BCUT2D eigenvalue weighted by Gasteiger charge is 2.14. The van der Waals surface area contributed by atoms with Crippen LogP contribution < -0.4 is 10.6 Å². The van der Waals surface area contributed by atoms with Crippen molar-refractivity contribution in [2.24, 2.45) is 0 Å². The number of rotatable bonds is 6. The molecule has 5 heteroatoms. The molecular formula is C15H25N3O2. The lowest BCUT2D eigenvalue weighted by atomic mass is 10.1. The Hall–Kier alpha value is -1.33. The van der Waals surface area contributed by atoms with Gasteiger partial charge in [0.15, 0.2) is 0 Å². The lowest BCUT2D eigenvalue weighted by Crippen LogP contribution is -2.35. The maximum atomic E-state index is 12.1. The van der Waals surface area contributed by atoms with Gasteiger partial charge in [0.2, 0.25) is 0 Å². The topological polar surface area (TPSA) is 55.3 Å². The molecule has 0 saturated carbocycles. The fraction of sp³-hybridized carbons (Fsp3) is 0.667. The Labute approximate surface area is 120 Å². The van der Waals surface area contributed by atoms with Crippen LogP contribution in [0.1, 0.15) is 43.2 Å². The minimum Gasteiger partial charge on any atom is -0.376 e. The fourth-order valence-corrected chi connectivity index (χ4v) is 2.48. The molecule has 5 nitrogen and oxygen atoms in total. The van der Waals surface area contributed by atoms with E-state index in [2.05, 4.69) is 24.5 Å². The molecule has 0 aromatic carbocycles. The van der Waals surface area contributed by atoms with Crippen LogP contribution in [0, 0.1) is 0 Å². The normalized spacial score (nSPS) is 16.6. The molecule has 1 fully saturated rings. The highest BCUT2D eigenvalue weighted by molar-refractivity contribution is 5.92. The van der Waals surface area contributed by atoms with Crippen molar-refractivity contribution in [2.45, 2.75) is 38.8 Å². The predicted octanol–water partition coefficient (Wildman–Crippen LogP) is 1.57. The summed E-state index contributed by atoms with van der Waals surface area (Å²) in [7, 11) is 0. The second-order valence-corrected chi connectivity index (χ2v) is 5.47. The van der Waals surface area contributed by atoms with Crippen LogP contribution in [0.3, 0.4) is 0 Å². The Bertz CT molecular complexity index is 423. The number of carbonyl (C=O) groups excluding carboxylic acids is 1. The molecule has 1 amide bonds. The first-order chi connectivity index (χ1) is 9.68. The van der Waals surface area contributed by atoms with Gasteiger partial charge in [0, 0.05) is 18.8 Å². The summed E-state index contributed by atoms with van der Waals surface area (Å²) in [5.74, 6) is -0.0300. The number of aromatic nitrogens is 1. The van der Waals surface area contributed by atoms with E-state index >= 15 is 0 Å². The van der Waals surface area contributed by atoms with Crippen LogP contribution in [0.4, 0.5) is 0 Å². The van der Waals surface area contributed by atoms with E-state index in [-0.39, 0.29) is 11.9 Å². The van der Waals surface area contributed by atoms with E-state index in [1.807, 2.05) is 22.9 Å². The lowest BCUT2D eigenvalue weighted by molar-refractivity contribution is 0.0342. The van der Waals surface area contributed by atoms with Crippen molar-refractivity contribution >= 4 is 5.91 Å². The van der Waals surface area contributed by atoms with E-state index in [1.165, 1.54) is 0 Å². The van der Waals surface area contributed by atoms with Crippen LogP contribution in [0.5, 0.6) is 0 Å². The molecule has 1 aliphatic heterocycles. The van der Waals surface area contributed by atoms with Gasteiger partial charge in [-0.1, -0.05) is 0 Å². The highest BCUT2D eigenvalue weighted by atomic mass is 16.5. The summed E-state index contributed by atoms with van der Waals surface area (Å²) in [6.45, 7) is 7.33. The second-order valence-electron chi connectivity index (χ2n) is 5.47. The van der Waals surface area contributed by atoms with Gasteiger partial charge in [-0.15, -0.1) is 0 Å². The van der Waals surface area contributed by atoms with Gasteiger partial charge in [-0.2, -0.15) is 0 Å². The van der Waals surface area contributed by atoms with Crippen LogP contribution in [-0.2, 0) is 4.74 Å². The van der Waals surface area contributed by atoms with Crippen molar-refractivity contribution in [1.82, 2.24) is 15.2 Å². The highest BCUT2D eigenvalue weighted by Crippen LogP contribution is 2.10. The molecule has 1 aromatic rings. The van der Waals surface area contributed by atoms with E-state index in [1.54, 1.807) is 0 Å². The van der Waals surface area contributed by atoms with E-state index in [4.69, 9.17) is 4.74 Å². The Balaban J connectivity index is 1.70. The van der Waals surface area contributed by atoms with Crippen molar-refractivity contribution in [3.8, 4) is 0 Å². The zero-order chi connectivity index (χ0) is 14.4. The minimum absolute atomic E-state index is 0.0300. The number of hydrogen-bond donors (Lipinski definition) is 2. The minimum atomic E-state index is -0.0300. The van der Waals surface area contributed by atoms with Gasteiger partial charge in [-0.05, 0) is 51.9 Å². The molecule has 20 heavy (non-hydrogen) atoms. The van der Waals surface area contributed by atoms with E-state index < -0.39 is 0 Å². The van der Waals surface area contributed by atoms with Crippen LogP contribution >= 0.6 is 0 Å². The van der Waals surface area contributed by atoms with Crippen LogP contribution in [0.15, 0.2) is 18.3 Å². The van der Waals surface area contributed by atoms with E-state index in [9.17, 15) is 4.79 Å². The summed E-state index contributed by atoms with van der Waals surface area (Å²) in [5.41, 5.74) is 0.710. The molecule has 0 bridgehead atoms. The maximum absolute atomic E-state index is 12.1. The predicted molar refractivity (Wildman–Crippen MR) is 79.0 cm³/mol. The van der Waals surface area contributed by atoms with Gasteiger partial charge in [0.05, 0.1) is 12.7 Å². The smallest absolute Gasteiger partial charge is 0.267 e. The largest absolute Gasteiger partial charge is 0.376 e. The SMILES string of the molecule is CC(C)n1cccc1C(=O)NCCOC1CCNCC1. The van der Waals surface area contributed by atoms with Crippen LogP contribution in [0.2, 0.25) is 0 Å². The molecule has 0 aliphatic carbocycles. The first kappa shape index (κ1) is 15.1. The zero-order valence-corrected chi connectivity index (χ0v) is 12.4. The molecule has 1 aromatic heterocycles. The molecule has 2 N–H and O–H groups in total.